The number of ether oxygens (including phenoxy) is 1. The average Bonchev–Trinajstić information content (AvgIpc) is 2.60. The number of hydrogen-bond acceptors (Lipinski definition) is 4. The summed E-state index contributed by atoms with van der Waals surface area (Å²) in [6, 6.07) is 5.55. The molecule has 16 heavy (non-hydrogen) atoms. The highest BCUT2D eigenvalue weighted by Crippen LogP contribution is 2.25. The predicted octanol–water partition coefficient (Wildman–Crippen LogP) is 2.48. The summed E-state index contributed by atoms with van der Waals surface area (Å²) in [5.74, 6) is 0.611. The molecule has 0 atom stereocenters. The van der Waals surface area contributed by atoms with Crippen LogP contribution in [0.5, 0.6) is 0 Å². The quantitative estimate of drug-likeness (QED) is 0.804. The summed E-state index contributed by atoms with van der Waals surface area (Å²) in [6.45, 7) is 0.443. The smallest absolute Gasteiger partial charge is 0.221 e. The molecule has 2 N–H and O–H groups in total. The molecule has 4 heteroatoms. The summed E-state index contributed by atoms with van der Waals surface area (Å²) < 4.78 is 11.2. The highest BCUT2D eigenvalue weighted by atomic mass is 16.5. The van der Waals surface area contributed by atoms with Crippen molar-refractivity contribution in [3.63, 3.8) is 0 Å². The molecule has 1 aromatic heterocycles. The van der Waals surface area contributed by atoms with Crippen LogP contribution in [0, 0.1) is 0 Å². The first-order valence-corrected chi connectivity index (χ1v) is 5.58. The zero-order chi connectivity index (χ0) is 11.0. The summed E-state index contributed by atoms with van der Waals surface area (Å²) in [7, 11) is 0. The number of aromatic nitrogens is 1. The highest BCUT2D eigenvalue weighted by molar-refractivity contribution is 5.85. The van der Waals surface area contributed by atoms with E-state index in [4.69, 9.17) is 14.9 Å². The number of rotatable bonds is 3. The van der Waals surface area contributed by atoms with E-state index in [0.717, 1.165) is 23.9 Å². The first-order valence-electron chi connectivity index (χ1n) is 5.58. The Labute approximate surface area is 93.4 Å². The van der Waals surface area contributed by atoms with E-state index in [1.165, 1.54) is 6.42 Å². The van der Waals surface area contributed by atoms with E-state index in [1.807, 2.05) is 18.2 Å². The second-order valence-corrected chi connectivity index (χ2v) is 4.17. The molecular weight excluding hydrogens is 204 g/mol. The second kappa shape index (κ2) is 3.79. The molecule has 2 aromatic rings. The topological polar surface area (TPSA) is 61.3 Å². The molecular formula is C12H14N2O2. The van der Waals surface area contributed by atoms with Gasteiger partial charge in [0.05, 0.1) is 11.8 Å². The normalized spacial score (nSPS) is 16.5. The maximum Gasteiger partial charge on any atom is 0.221 e. The lowest BCUT2D eigenvalue weighted by Crippen LogP contribution is -2.21. The first kappa shape index (κ1) is 9.66. The van der Waals surface area contributed by atoms with Gasteiger partial charge in [-0.3, -0.25) is 0 Å². The van der Waals surface area contributed by atoms with Crippen LogP contribution in [-0.2, 0) is 11.3 Å². The van der Waals surface area contributed by atoms with Crippen LogP contribution >= 0.6 is 0 Å². The van der Waals surface area contributed by atoms with Crippen molar-refractivity contribution < 1.29 is 9.15 Å². The van der Waals surface area contributed by atoms with Crippen molar-refractivity contribution in [3.05, 3.63) is 24.1 Å². The number of para-hydroxylation sites is 1. The molecule has 0 saturated heterocycles. The van der Waals surface area contributed by atoms with Gasteiger partial charge in [-0.25, -0.2) is 4.98 Å². The molecule has 0 radical (unpaired) electrons. The van der Waals surface area contributed by atoms with Crippen LogP contribution in [-0.4, -0.2) is 11.1 Å². The minimum atomic E-state index is 0.396. The Bertz CT molecular complexity index is 503. The van der Waals surface area contributed by atoms with Gasteiger partial charge in [-0.15, -0.1) is 0 Å². The third kappa shape index (κ3) is 1.65. The zero-order valence-corrected chi connectivity index (χ0v) is 8.98. The van der Waals surface area contributed by atoms with Crippen molar-refractivity contribution in [3.8, 4) is 0 Å². The number of fused-ring (bicyclic) bond motifs is 1. The van der Waals surface area contributed by atoms with Gasteiger partial charge in [0.15, 0.2) is 5.58 Å². The van der Waals surface area contributed by atoms with Crippen LogP contribution in [0.25, 0.3) is 11.1 Å². The molecule has 1 aliphatic rings. The van der Waals surface area contributed by atoms with Gasteiger partial charge >= 0.3 is 0 Å². The van der Waals surface area contributed by atoms with Crippen molar-refractivity contribution in [1.29, 1.82) is 0 Å². The fraction of sp³-hybridized carbons (Fsp3) is 0.417. The fourth-order valence-electron chi connectivity index (χ4n) is 1.80. The molecule has 1 saturated carbocycles. The van der Waals surface area contributed by atoms with E-state index < -0.39 is 0 Å². The second-order valence-electron chi connectivity index (χ2n) is 4.17. The third-order valence-corrected chi connectivity index (χ3v) is 2.99. The number of benzene rings is 1. The summed E-state index contributed by atoms with van der Waals surface area (Å²) in [5.41, 5.74) is 7.91. The summed E-state index contributed by atoms with van der Waals surface area (Å²) in [4.78, 5) is 4.33. The molecule has 0 aliphatic heterocycles. The maximum absolute atomic E-state index is 5.80. The van der Waals surface area contributed by atoms with Crippen molar-refractivity contribution >= 4 is 16.8 Å². The van der Waals surface area contributed by atoms with Crippen molar-refractivity contribution in [2.45, 2.75) is 32.0 Å². The van der Waals surface area contributed by atoms with Gasteiger partial charge < -0.3 is 14.9 Å². The molecule has 4 nitrogen and oxygen atoms in total. The van der Waals surface area contributed by atoms with Crippen LogP contribution in [0.4, 0.5) is 5.69 Å². The number of hydrogen-bond donors (Lipinski definition) is 1. The van der Waals surface area contributed by atoms with Crippen LogP contribution in [0.2, 0.25) is 0 Å². The number of anilines is 1. The third-order valence-electron chi connectivity index (χ3n) is 2.99. The number of nitrogens with two attached hydrogens (primary N) is 1. The van der Waals surface area contributed by atoms with E-state index in [-0.39, 0.29) is 0 Å². The van der Waals surface area contributed by atoms with Crippen molar-refractivity contribution in [2.75, 3.05) is 5.73 Å². The molecule has 3 rings (SSSR count). The summed E-state index contributed by atoms with van der Waals surface area (Å²) in [6.07, 6.45) is 3.97. The molecule has 0 spiro atoms. The molecule has 0 unspecified atom stereocenters. The Hall–Kier alpha value is -1.55. The molecule has 0 amide bonds. The Morgan fingerprint density at radius 2 is 2.31 bits per heavy atom. The standard InChI is InChI=1S/C12H14N2O2/c13-9-5-2-6-10-12(9)14-11(16-10)7-15-8-3-1-4-8/h2,5-6,8H,1,3-4,7,13H2. The Morgan fingerprint density at radius 3 is 3.00 bits per heavy atom. The monoisotopic (exact) mass is 218 g/mol. The first-order chi connectivity index (χ1) is 7.83. The van der Waals surface area contributed by atoms with Gasteiger partial charge in [0.1, 0.15) is 12.1 Å². The number of nitrogen functional groups attached to an aromatic ring is 1. The SMILES string of the molecule is Nc1cccc2oc(COC3CCC3)nc12. The van der Waals surface area contributed by atoms with Crippen molar-refractivity contribution in [1.82, 2.24) is 4.98 Å². The van der Waals surface area contributed by atoms with E-state index in [9.17, 15) is 0 Å². The Morgan fingerprint density at radius 1 is 1.44 bits per heavy atom. The van der Waals surface area contributed by atoms with E-state index in [1.54, 1.807) is 0 Å². The largest absolute Gasteiger partial charge is 0.438 e. The lowest BCUT2D eigenvalue weighted by Gasteiger charge is -2.24. The minimum absolute atomic E-state index is 0.396. The van der Waals surface area contributed by atoms with E-state index in [2.05, 4.69) is 4.98 Å². The van der Waals surface area contributed by atoms with Gasteiger partial charge in [-0.1, -0.05) is 6.07 Å². The molecule has 1 heterocycles. The van der Waals surface area contributed by atoms with E-state index in [0.29, 0.717) is 24.3 Å². The highest BCUT2D eigenvalue weighted by Gasteiger charge is 2.19. The Balaban J connectivity index is 1.79. The summed E-state index contributed by atoms with van der Waals surface area (Å²) >= 11 is 0. The number of nitrogens with zero attached hydrogens (tertiary/aromatic N) is 1. The molecule has 84 valence electrons. The minimum Gasteiger partial charge on any atom is -0.438 e. The van der Waals surface area contributed by atoms with Gasteiger partial charge in [0.2, 0.25) is 5.89 Å². The van der Waals surface area contributed by atoms with Crippen LogP contribution in [0.15, 0.2) is 22.6 Å². The summed E-state index contributed by atoms with van der Waals surface area (Å²) in [5, 5.41) is 0. The fourth-order valence-corrected chi connectivity index (χ4v) is 1.80. The molecule has 0 bridgehead atoms. The van der Waals surface area contributed by atoms with Gasteiger partial charge in [0, 0.05) is 0 Å². The maximum atomic E-state index is 5.80. The van der Waals surface area contributed by atoms with E-state index >= 15 is 0 Å². The molecule has 1 fully saturated rings. The Kier molecular flexibility index (Phi) is 2.29. The van der Waals surface area contributed by atoms with Crippen molar-refractivity contribution in [2.24, 2.45) is 0 Å². The average molecular weight is 218 g/mol. The molecule has 1 aromatic carbocycles. The van der Waals surface area contributed by atoms with Gasteiger partial charge in [0.25, 0.3) is 0 Å². The lowest BCUT2D eigenvalue weighted by atomic mass is 9.96. The zero-order valence-electron chi connectivity index (χ0n) is 8.98. The lowest BCUT2D eigenvalue weighted by molar-refractivity contribution is -0.0170. The predicted molar refractivity (Wildman–Crippen MR) is 60.8 cm³/mol. The number of oxazole rings is 1. The van der Waals surface area contributed by atoms with Crippen LogP contribution in [0.3, 0.4) is 0 Å². The van der Waals surface area contributed by atoms with Gasteiger partial charge in [-0.05, 0) is 31.4 Å². The van der Waals surface area contributed by atoms with Gasteiger partial charge in [-0.2, -0.15) is 0 Å². The van der Waals surface area contributed by atoms with Crippen LogP contribution < -0.4 is 5.73 Å². The molecule has 1 aliphatic carbocycles. The van der Waals surface area contributed by atoms with Crippen LogP contribution in [0.1, 0.15) is 25.2 Å².